The van der Waals surface area contributed by atoms with Crippen LogP contribution in [-0.2, 0) is 16.2 Å². The fraction of sp³-hybridized carbons (Fsp3) is 0.189. The number of rotatable bonds is 7. The Kier molecular flexibility index (Phi) is 11.7. The lowest BCUT2D eigenvalue weighted by Gasteiger charge is -2.47. The van der Waals surface area contributed by atoms with Crippen LogP contribution in [0, 0.1) is 13.8 Å². The molecule has 0 saturated carbocycles. The van der Waals surface area contributed by atoms with Crippen molar-refractivity contribution in [3.05, 3.63) is 240 Å². The van der Waals surface area contributed by atoms with Gasteiger partial charge in [0.2, 0.25) is 0 Å². The van der Waals surface area contributed by atoms with Crippen LogP contribution < -0.4 is 25.5 Å². The second-order valence-corrected chi connectivity index (χ2v) is 25.2. The first-order valence-corrected chi connectivity index (χ1v) is 28.1. The highest BCUT2D eigenvalue weighted by molar-refractivity contribution is 6.94. The van der Waals surface area contributed by atoms with Gasteiger partial charge in [-0.2, -0.15) is 0 Å². The molecule has 0 bridgehead atoms. The Bertz CT molecular complexity index is 4070. The van der Waals surface area contributed by atoms with Gasteiger partial charge < -0.3 is 19.0 Å². The Hall–Kier alpha value is -8.54. The van der Waals surface area contributed by atoms with E-state index in [1.54, 1.807) is 0 Å². The van der Waals surface area contributed by atoms with Crippen molar-refractivity contribution in [2.75, 3.05) is 14.6 Å². The summed E-state index contributed by atoms with van der Waals surface area (Å²) in [5.41, 5.74) is 26.6. The Morgan fingerprint density at radius 3 is 1.51 bits per heavy atom. The zero-order valence-corrected chi connectivity index (χ0v) is 47.5. The Morgan fingerprint density at radius 2 is 0.949 bits per heavy atom. The fourth-order valence-electron chi connectivity index (χ4n) is 12.5. The molecule has 0 saturated heterocycles. The quantitative estimate of drug-likeness (QED) is 0.148. The van der Waals surface area contributed by atoms with Crippen molar-refractivity contribution in [3.8, 4) is 33.4 Å². The standard InChI is InChI=1S/C74H68BN3O/c1-47-42-51(49-20-14-12-15-21-49)26-38-63(47)77(64-39-27-52(43-48(64)2)50-22-16-13-17-23-50)58-45-61-59-37-41-68-69(60-24-18-19-25-67(60)79-68)71(59)78(57-35-30-54(31-36-57)73(6,7)8)75-62-44-55(74(9,10)11)32-40-65(62)76(66(46-58)70(61)75)56-33-28-53(29-34-56)72(3,4)5/h12-46H,1-11H3. The van der Waals surface area contributed by atoms with Gasteiger partial charge in [0.1, 0.15) is 11.2 Å². The third-order valence-corrected chi connectivity index (χ3v) is 16.7. The smallest absolute Gasteiger partial charge is 0.333 e. The summed E-state index contributed by atoms with van der Waals surface area (Å²) in [6.07, 6.45) is 0. The molecular weight excluding hydrogens is 958 g/mol. The van der Waals surface area contributed by atoms with Crippen LogP contribution in [0.1, 0.15) is 90.1 Å². The van der Waals surface area contributed by atoms with Crippen molar-refractivity contribution in [2.24, 2.45) is 0 Å². The number of hydrogen-bond donors (Lipinski definition) is 0. The van der Waals surface area contributed by atoms with Crippen LogP contribution in [0.25, 0.3) is 55.3 Å². The zero-order valence-electron chi connectivity index (χ0n) is 47.5. The first-order chi connectivity index (χ1) is 37.9. The third-order valence-electron chi connectivity index (χ3n) is 16.7. The van der Waals surface area contributed by atoms with Gasteiger partial charge in [0.05, 0.1) is 5.39 Å². The van der Waals surface area contributed by atoms with E-state index in [9.17, 15) is 0 Å². The summed E-state index contributed by atoms with van der Waals surface area (Å²) in [5, 5.41) is 2.23. The average molecular weight is 1030 g/mol. The van der Waals surface area contributed by atoms with Gasteiger partial charge in [-0.25, -0.2) is 0 Å². The summed E-state index contributed by atoms with van der Waals surface area (Å²) >= 11 is 0. The number of nitrogens with zero attached hydrogens (tertiary/aromatic N) is 3. The van der Waals surface area contributed by atoms with Crippen LogP contribution in [0.4, 0.5) is 45.5 Å². The van der Waals surface area contributed by atoms with Crippen molar-refractivity contribution >= 4 is 85.2 Å². The van der Waals surface area contributed by atoms with E-state index in [1.165, 1.54) is 77.8 Å². The van der Waals surface area contributed by atoms with Crippen molar-refractivity contribution in [2.45, 2.75) is 92.4 Å². The second kappa shape index (κ2) is 18.6. The summed E-state index contributed by atoms with van der Waals surface area (Å²) in [7, 11) is 0. The maximum Gasteiger partial charge on any atom is 0.333 e. The van der Waals surface area contributed by atoms with Crippen molar-refractivity contribution in [1.29, 1.82) is 0 Å². The lowest BCUT2D eigenvalue weighted by molar-refractivity contribution is 0.590. The average Bonchev–Trinajstić information content (AvgIpc) is 3.99. The zero-order chi connectivity index (χ0) is 54.7. The van der Waals surface area contributed by atoms with Gasteiger partial charge >= 0.3 is 6.85 Å². The van der Waals surface area contributed by atoms with Crippen LogP contribution >= 0.6 is 0 Å². The van der Waals surface area contributed by atoms with Gasteiger partial charge in [-0.15, -0.1) is 0 Å². The minimum Gasteiger partial charge on any atom is -0.456 e. The minimum absolute atomic E-state index is 0.0121. The van der Waals surface area contributed by atoms with E-state index in [0.29, 0.717) is 0 Å². The molecule has 388 valence electrons. The molecule has 4 nitrogen and oxygen atoms in total. The molecule has 79 heavy (non-hydrogen) atoms. The SMILES string of the molecule is Cc1cc(-c2ccccc2)ccc1N(c1cc2c3c(c1)N(c1ccc(C(C)(C)C)cc1)c1ccc(C(C)(C)C)cc1B3N(c1ccc(C(C)(C)C)cc1)c1c-2ccc2oc3ccccc3c12)c1ccc(-c2ccccc2)cc1C. The van der Waals surface area contributed by atoms with E-state index in [-0.39, 0.29) is 23.1 Å². The van der Waals surface area contributed by atoms with Gasteiger partial charge in [0, 0.05) is 56.4 Å². The molecule has 11 aromatic rings. The predicted molar refractivity (Wildman–Crippen MR) is 339 cm³/mol. The van der Waals surface area contributed by atoms with E-state index in [4.69, 9.17) is 4.42 Å². The molecule has 0 aliphatic carbocycles. The van der Waals surface area contributed by atoms with E-state index >= 15 is 0 Å². The summed E-state index contributed by atoms with van der Waals surface area (Å²) in [6, 6.07) is 79.6. The van der Waals surface area contributed by atoms with Crippen LogP contribution in [-0.4, -0.2) is 6.85 Å². The van der Waals surface area contributed by atoms with Gasteiger partial charge in [-0.05, 0) is 182 Å². The third kappa shape index (κ3) is 8.54. The molecule has 0 unspecified atom stereocenters. The molecule has 3 heterocycles. The van der Waals surface area contributed by atoms with Crippen LogP contribution in [0.2, 0.25) is 0 Å². The van der Waals surface area contributed by atoms with Gasteiger partial charge in [0.25, 0.3) is 0 Å². The normalized spacial score (nSPS) is 13.2. The summed E-state index contributed by atoms with van der Waals surface area (Å²) in [6.45, 7) is 25.1. The topological polar surface area (TPSA) is 22.9 Å². The van der Waals surface area contributed by atoms with Crippen molar-refractivity contribution in [3.63, 3.8) is 0 Å². The van der Waals surface area contributed by atoms with Crippen molar-refractivity contribution in [1.82, 2.24) is 0 Å². The summed E-state index contributed by atoms with van der Waals surface area (Å²) in [5.74, 6) is 0. The van der Waals surface area contributed by atoms with Gasteiger partial charge in [-0.1, -0.05) is 190 Å². The summed E-state index contributed by atoms with van der Waals surface area (Å²) in [4.78, 5) is 7.77. The number of hydrogen-bond acceptors (Lipinski definition) is 4. The first-order valence-electron chi connectivity index (χ1n) is 28.1. The molecule has 0 N–H and O–H groups in total. The number of aryl methyl sites for hydroxylation is 2. The van der Waals surface area contributed by atoms with Gasteiger partial charge in [-0.3, -0.25) is 0 Å². The highest BCUT2D eigenvalue weighted by Crippen LogP contribution is 2.54. The molecule has 0 atom stereocenters. The van der Waals surface area contributed by atoms with Crippen LogP contribution in [0.5, 0.6) is 0 Å². The molecular formula is C74H68BN3O. The molecule has 2 aliphatic heterocycles. The van der Waals surface area contributed by atoms with Crippen LogP contribution in [0.3, 0.4) is 0 Å². The monoisotopic (exact) mass is 1030 g/mol. The highest BCUT2D eigenvalue weighted by Gasteiger charge is 2.47. The molecule has 13 rings (SSSR count). The molecule has 1 aromatic heterocycles. The first kappa shape index (κ1) is 50.0. The lowest BCUT2D eigenvalue weighted by Crippen LogP contribution is -2.61. The Labute approximate surface area is 467 Å². The minimum atomic E-state index is -0.221. The van der Waals surface area contributed by atoms with E-state index in [0.717, 1.165) is 61.8 Å². The van der Waals surface area contributed by atoms with E-state index < -0.39 is 0 Å². The molecule has 0 spiro atoms. The molecule has 2 aliphatic rings. The Balaban J connectivity index is 1.16. The van der Waals surface area contributed by atoms with Crippen molar-refractivity contribution < 1.29 is 4.42 Å². The highest BCUT2D eigenvalue weighted by atomic mass is 16.3. The Morgan fingerprint density at radius 1 is 0.418 bits per heavy atom. The molecule has 0 radical (unpaired) electrons. The predicted octanol–water partition coefficient (Wildman–Crippen LogP) is 19.6. The largest absolute Gasteiger partial charge is 0.456 e. The number of anilines is 8. The van der Waals surface area contributed by atoms with E-state index in [1.807, 2.05) is 0 Å². The lowest BCUT2D eigenvalue weighted by atomic mass is 9.43. The molecule has 5 heteroatoms. The molecule has 0 amide bonds. The number of benzene rings is 10. The number of fused-ring (bicyclic) bond motifs is 8. The maximum atomic E-state index is 6.85. The summed E-state index contributed by atoms with van der Waals surface area (Å²) < 4.78 is 6.85. The number of para-hydroxylation sites is 1. The number of furan rings is 1. The molecule has 10 aromatic carbocycles. The maximum absolute atomic E-state index is 6.85. The van der Waals surface area contributed by atoms with E-state index in [2.05, 4.69) is 303 Å². The molecule has 0 fully saturated rings. The van der Waals surface area contributed by atoms with Gasteiger partial charge in [0.15, 0.2) is 0 Å². The second-order valence-electron chi connectivity index (χ2n) is 25.2. The fourth-order valence-corrected chi connectivity index (χ4v) is 12.5. The van der Waals surface area contributed by atoms with Crippen LogP contribution in [0.15, 0.2) is 217 Å².